The lowest BCUT2D eigenvalue weighted by molar-refractivity contribution is 0.103. The second-order valence-corrected chi connectivity index (χ2v) is 7.40. The van der Waals surface area contributed by atoms with Gasteiger partial charge < -0.3 is 4.74 Å². The Kier molecular flexibility index (Phi) is 5.09. The van der Waals surface area contributed by atoms with Gasteiger partial charge in [-0.05, 0) is 18.2 Å². The second kappa shape index (κ2) is 7.83. The molecule has 0 saturated carbocycles. The number of nitrogens with one attached hydrogen (secondary N) is 1. The van der Waals surface area contributed by atoms with Gasteiger partial charge in [0.2, 0.25) is 5.13 Å². The summed E-state index contributed by atoms with van der Waals surface area (Å²) in [6.07, 6.45) is 1.53. The van der Waals surface area contributed by atoms with Crippen molar-refractivity contribution in [2.45, 2.75) is 0 Å². The van der Waals surface area contributed by atoms with Gasteiger partial charge in [0.15, 0.2) is 17.4 Å². The van der Waals surface area contributed by atoms with E-state index in [0.29, 0.717) is 21.4 Å². The highest BCUT2D eigenvalue weighted by Crippen LogP contribution is 2.28. The Morgan fingerprint density at radius 1 is 1.14 bits per heavy atom. The van der Waals surface area contributed by atoms with Crippen LogP contribution in [-0.2, 0) is 0 Å². The van der Waals surface area contributed by atoms with Gasteiger partial charge in [-0.15, -0.1) is 11.3 Å². The molecule has 4 rings (SSSR count). The van der Waals surface area contributed by atoms with Crippen LogP contribution >= 0.6 is 22.9 Å². The van der Waals surface area contributed by atoms with Crippen LogP contribution in [0.3, 0.4) is 0 Å². The van der Waals surface area contributed by atoms with E-state index in [0.717, 1.165) is 22.1 Å². The minimum Gasteiger partial charge on any atom is -0.494 e. The van der Waals surface area contributed by atoms with Gasteiger partial charge in [0, 0.05) is 22.7 Å². The largest absolute Gasteiger partial charge is 0.494 e. The third kappa shape index (κ3) is 3.75. The lowest BCUT2D eigenvalue weighted by Gasteiger charge is -2.02. The molecule has 2 heterocycles. The smallest absolute Gasteiger partial charge is 0.269 e. The number of carbonyl (C=O) groups excluding carboxylic acids is 1. The highest BCUT2D eigenvalue weighted by molar-refractivity contribution is 7.17. The highest BCUT2D eigenvalue weighted by Gasteiger charge is 2.15. The average molecular weight is 412 g/mol. The zero-order valence-corrected chi connectivity index (χ0v) is 16.2. The van der Waals surface area contributed by atoms with Gasteiger partial charge in [0.1, 0.15) is 9.88 Å². The first kappa shape index (κ1) is 18.2. The van der Waals surface area contributed by atoms with Crippen molar-refractivity contribution in [3.8, 4) is 27.7 Å². The van der Waals surface area contributed by atoms with E-state index < -0.39 is 5.82 Å². The number of hydrogen-bond donors (Lipinski definition) is 1. The molecule has 0 aliphatic rings. The summed E-state index contributed by atoms with van der Waals surface area (Å²) in [6.45, 7) is 0. The second-order valence-electron chi connectivity index (χ2n) is 5.62. The summed E-state index contributed by atoms with van der Waals surface area (Å²) in [5.74, 6) is -0.343. The number of ether oxygens (including phenoxy) is 1. The van der Waals surface area contributed by atoms with Crippen molar-refractivity contribution in [2.75, 3.05) is 12.4 Å². The van der Waals surface area contributed by atoms with Gasteiger partial charge in [-0.2, -0.15) is 9.36 Å². The quantitative estimate of drug-likeness (QED) is 0.513. The lowest BCUT2D eigenvalue weighted by Crippen LogP contribution is -2.09. The fraction of sp³-hybridized carbons (Fsp3) is 0.0526. The summed E-state index contributed by atoms with van der Waals surface area (Å²) >= 11 is 2.32. The van der Waals surface area contributed by atoms with Crippen LogP contribution in [0.2, 0.25) is 0 Å². The summed E-state index contributed by atoms with van der Waals surface area (Å²) in [6, 6.07) is 14.1. The molecule has 0 aliphatic heterocycles. The van der Waals surface area contributed by atoms with Gasteiger partial charge in [-0.3, -0.25) is 10.1 Å². The molecular formula is C19H13FN4O2S2. The number of carbonyl (C=O) groups is 1. The predicted molar refractivity (Wildman–Crippen MR) is 107 cm³/mol. The van der Waals surface area contributed by atoms with Crippen LogP contribution in [0.15, 0.2) is 54.7 Å². The Balaban J connectivity index is 1.49. The standard InChI is InChI=1S/C19H13FN4O2S2/c1-26-14-8-7-12(9-13(14)20)16-22-19(28-24-16)23-17(25)15-10-21-18(27-15)11-5-3-2-4-6-11/h2-10H,1H3,(H,22,23,24,25). The van der Waals surface area contributed by atoms with Crippen molar-refractivity contribution in [1.29, 1.82) is 0 Å². The number of benzene rings is 2. The predicted octanol–water partition coefficient (Wildman–Crippen LogP) is 4.73. The van der Waals surface area contributed by atoms with Crippen LogP contribution in [0.1, 0.15) is 9.67 Å². The maximum Gasteiger partial charge on any atom is 0.269 e. The molecule has 4 aromatic rings. The molecule has 1 N–H and O–H groups in total. The SMILES string of the molecule is COc1ccc(-c2nsc(NC(=O)c3cnc(-c4ccccc4)s3)n2)cc1F. The molecule has 0 spiro atoms. The third-order valence-corrected chi connectivity index (χ3v) is 5.48. The molecule has 140 valence electrons. The van der Waals surface area contributed by atoms with E-state index in [1.54, 1.807) is 6.07 Å². The van der Waals surface area contributed by atoms with E-state index in [1.165, 1.54) is 36.8 Å². The van der Waals surface area contributed by atoms with Crippen molar-refractivity contribution < 1.29 is 13.9 Å². The number of rotatable bonds is 5. The van der Waals surface area contributed by atoms with Crippen LogP contribution in [-0.4, -0.2) is 27.4 Å². The summed E-state index contributed by atoms with van der Waals surface area (Å²) in [7, 11) is 1.40. The van der Waals surface area contributed by atoms with Crippen LogP contribution < -0.4 is 10.1 Å². The van der Waals surface area contributed by atoms with E-state index in [1.807, 2.05) is 30.3 Å². The number of anilines is 1. The van der Waals surface area contributed by atoms with Crippen molar-refractivity contribution in [3.05, 3.63) is 65.4 Å². The number of hydrogen-bond acceptors (Lipinski definition) is 7. The van der Waals surface area contributed by atoms with Crippen LogP contribution in [0.4, 0.5) is 9.52 Å². The molecule has 0 aliphatic carbocycles. The first-order chi connectivity index (χ1) is 13.6. The van der Waals surface area contributed by atoms with Crippen LogP contribution in [0.25, 0.3) is 22.0 Å². The average Bonchev–Trinajstić information content (AvgIpc) is 3.38. The topological polar surface area (TPSA) is 77.0 Å². The number of amides is 1. The van der Waals surface area contributed by atoms with E-state index in [-0.39, 0.29) is 11.7 Å². The normalized spacial score (nSPS) is 10.6. The lowest BCUT2D eigenvalue weighted by atomic mass is 10.2. The Labute approximate surface area is 167 Å². The number of thiazole rings is 1. The molecule has 0 unspecified atom stereocenters. The first-order valence-corrected chi connectivity index (χ1v) is 9.73. The number of nitrogens with zero attached hydrogens (tertiary/aromatic N) is 3. The highest BCUT2D eigenvalue weighted by atomic mass is 32.1. The zero-order chi connectivity index (χ0) is 19.5. The number of methoxy groups -OCH3 is 1. The maximum absolute atomic E-state index is 13.9. The van der Waals surface area contributed by atoms with Gasteiger partial charge in [0.05, 0.1) is 13.3 Å². The molecule has 28 heavy (non-hydrogen) atoms. The van der Waals surface area contributed by atoms with Gasteiger partial charge >= 0.3 is 0 Å². The summed E-state index contributed by atoms with van der Waals surface area (Å²) in [4.78, 5) is 21.5. The monoisotopic (exact) mass is 412 g/mol. The van der Waals surface area contributed by atoms with E-state index in [2.05, 4.69) is 19.7 Å². The van der Waals surface area contributed by atoms with Gasteiger partial charge in [-0.1, -0.05) is 30.3 Å². The zero-order valence-electron chi connectivity index (χ0n) is 14.5. The fourth-order valence-electron chi connectivity index (χ4n) is 2.45. The molecule has 0 fully saturated rings. The van der Waals surface area contributed by atoms with Crippen molar-refractivity contribution in [3.63, 3.8) is 0 Å². The Morgan fingerprint density at radius 2 is 1.96 bits per heavy atom. The Morgan fingerprint density at radius 3 is 2.71 bits per heavy atom. The molecular weight excluding hydrogens is 399 g/mol. The fourth-order valence-corrected chi connectivity index (χ4v) is 3.85. The molecule has 1 amide bonds. The van der Waals surface area contributed by atoms with E-state index >= 15 is 0 Å². The van der Waals surface area contributed by atoms with E-state index in [4.69, 9.17) is 4.74 Å². The summed E-state index contributed by atoms with van der Waals surface area (Å²) in [5.41, 5.74) is 1.45. The molecule has 6 nitrogen and oxygen atoms in total. The molecule has 2 aromatic carbocycles. The molecule has 0 saturated heterocycles. The maximum atomic E-state index is 13.9. The summed E-state index contributed by atoms with van der Waals surface area (Å²) in [5, 5.41) is 3.79. The molecule has 0 atom stereocenters. The number of halogens is 1. The molecule has 9 heteroatoms. The van der Waals surface area contributed by atoms with Gasteiger partial charge in [0.25, 0.3) is 5.91 Å². The Bertz CT molecular complexity index is 1130. The van der Waals surface area contributed by atoms with Crippen molar-refractivity contribution >= 4 is 33.9 Å². The van der Waals surface area contributed by atoms with Gasteiger partial charge in [-0.25, -0.2) is 9.37 Å². The summed E-state index contributed by atoms with van der Waals surface area (Å²) < 4.78 is 22.9. The molecule has 0 bridgehead atoms. The third-order valence-electron chi connectivity index (χ3n) is 3.81. The number of aromatic nitrogens is 3. The van der Waals surface area contributed by atoms with Crippen LogP contribution in [0.5, 0.6) is 5.75 Å². The van der Waals surface area contributed by atoms with Crippen molar-refractivity contribution in [2.24, 2.45) is 0 Å². The minimum absolute atomic E-state index is 0.145. The first-order valence-electron chi connectivity index (χ1n) is 8.14. The molecule has 2 aromatic heterocycles. The van der Waals surface area contributed by atoms with Crippen molar-refractivity contribution in [1.82, 2.24) is 14.3 Å². The van der Waals surface area contributed by atoms with E-state index in [9.17, 15) is 9.18 Å². The molecule has 0 radical (unpaired) electrons. The van der Waals surface area contributed by atoms with Crippen LogP contribution in [0, 0.1) is 5.82 Å². The Hall–Kier alpha value is -3.17. The minimum atomic E-state index is -0.501.